The molecule has 0 aliphatic heterocycles. The summed E-state index contributed by atoms with van der Waals surface area (Å²) in [6, 6.07) is 17.0. The fourth-order valence-electron chi connectivity index (χ4n) is 1.96. The average molecular weight is 440 g/mol. The molecule has 2 aromatic rings. The van der Waals surface area contributed by atoms with Crippen molar-refractivity contribution in [3.05, 3.63) is 60.2 Å². The first-order valence-corrected chi connectivity index (χ1v) is 7.17. The molecule has 0 aliphatic carbocycles. The van der Waals surface area contributed by atoms with Gasteiger partial charge < -0.3 is 21.1 Å². The highest BCUT2D eigenvalue weighted by Gasteiger charge is 2.02. The number of guanidine groups is 1. The van der Waals surface area contributed by atoms with Crippen LogP contribution in [0.1, 0.15) is 5.56 Å². The monoisotopic (exact) mass is 440 g/mol. The van der Waals surface area contributed by atoms with Crippen molar-refractivity contribution in [2.24, 2.45) is 10.7 Å². The third-order valence-electron chi connectivity index (χ3n) is 2.96. The van der Waals surface area contributed by atoms with Crippen molar-refractivity contribution in [1.82, 2.24) is 0 Å². The molecule has 0 bridgehead atoms. The molecule has 128 valence electrons. The van der Waals surface area contributed by atoms with Crippen molar-refractivity contribution in [1.29, 1.82) is 0 Å². The zero-order chi connectivity index (χ0) is 16.5. The highest BCUT2D eigenvalue weighted by Crippen LogP contribution is 2.12. The number of ether oxygens (including phenoxy) is 1. The molecule has 0 atom stereocenters. The summed E-state index contributed by atoms with van der Waals surface area (Å²) in [7, 11) is 1.48. The third kappa shape index (κ3) is 6.97. The molecule has 0 heterocycles. The largest absolute Gasteiger partial charge is 0.375 e. The van der Waals surface area contributed by atoms with Crippen molar-refractivity contribution >= 4 is 47.2 Å². The SMILES string of the molecule is COCC(=O)Nc1cccc(CN=C(N)Nc2ccccc2)c1.I. The van der Waals surface area contributed by atoms with E-state index in [1.54, 1.807) is 0 Å². The number of nitrogens with one attached hydrogen (secondary N) is 2. The van der Waals surface area contributed by atoms with Gasteiger partial charge in [0.05, 0.1) is 6.54 Å². The first kappa shape index (κ1) is 19.9. The summed E-state index contributed by atoms with van der Waals surface area (Å²) in [6.45, 7) is 0.440. The molecule has 0 fully saturated rings. The summed E-state index contributed by atoms with van der Waals surface area (Å²) in [5.41, 5.74) is 8.39. The van der Waals surface area contributed by atoms with Gasteiger partial charge in [0.15, 0.2) is 5.96 Å². The Morgan fingerprint density at radius 2 is 1.79 bits per heavy atom. The van der Waals surface area contributed by atoms with Crippen LogP contribution in [0.15, 0.2) is 59.6 Å². The quantitative estimate of drug-likeness (QED) is 0.366. The number of hydrogen-bond acceptors (Lipinski definition) is 3. The number of carbonyl (C=O) groups excluding carboxylic acids is 1. The predicted molar refractivity (Wildman–Crippen MR) is 108 cm³/mol. The highest BCUT2D eigenvalue weighted by atomic mass is 127. The van der Waals surface area contributed by atoms with E-state index in [-0.39, 0.29) is 36.5 Å². The fourth-order valence-corrected chi connectivity index (χ4v) is 1.96. The number of aliphatic imine (C=N–C) groups is 1. The zero-order valence-electron chi connectivity index (χ0n) is 13.4. The maximum absolute atomic E-state index is 11.5. The number of amides is 1. The second kappa shape index (κ2) is 10.6. The fraction of sp³-hybridized carbons (Fsp3) is 0.176. The molecule has 0 spiro atoms. The van der Waals surface area contributed by atoms with Gasteiger partial charge in [0.25, 0.3) is 0 Å². The number of benzene rings is 2. The van der Waals surface area contributed by atoms with Crippen LogP contribution < -0.4 is 16.4 Å². The summed E-state index contributed by atoms with van der Waals surface area (Å²) in [4.78, 5) is 15.8. The zero-order valence-corrected chi connectivity index (χ0v) is 15.7. The molecular formula is C17H21IN4O2. The van der Waals surface area contributed by atoms with Crippen LogP contribution in [0.25, 0.3) is 0 Å². The molecule has 0 aliphatic rings. The maximum Gasteiger partial charge on any atom is 0.250 e. The number of para-hydroxylation sites is 1. The standard InChI is InChI=1S/C17H20N4O2.HI/c1-23-12-16(22)20-15-9-5-6-13(10-15)11-19-17(18)21-14-7-3-2-4-8-14;/h2-10H,11-12H2,1H3,(H,20,22)(H3,18,19,21);1H. The first-order chi connectivity index (χ1) is 11.2. The molecule has 0 saturated carbocycles. The van der Waals surface area contributed by atoms with Crippen molar-refractivity contribution in [3.63, 3.8) is 0 Å². The number of nitrogens with two attached hydrogens (primary N) is 1. The molecule has 0 radical (unpaired) electrons. The molecule has 1 amide bonds. The summed E-state index contributed by atoms with van der Waals surface area (Å²) in [6.07, 6.45) is 0. The van der Waals surface area contributed by atoms with Crippen LogP contribution in [0.2, 0.25) is 0 Å². The average Bonchev–Trinajstić information content (AvgIpc) is 2.54. The van der Waals surface area contributed by atoms with Crippen LogP contribution >= 0.6 is 24.0 Å². The Morgan fingerprint density at radius 3 is 2.50 bits per heavy atom. The van der Waals surface area contributed by atoms with Gasteiger partial charge in [-0.3, -0.25) is 4.79 Å². The summed E-state index contributed by atoms with van der Waals surface area (Å²) in [5.74, 6) is 0.142. The molecule has 6 nitrogen and oxygen atoms in total. The Kier molecular flexibility index (Phi) is 8.80. The van der Waals surface area contributed by atoms with E-state index >= 15 is 0 Å². The Balaban J connectivity index is 0.00000288. The van der Waals surface area contributed by atoms with Crippen LogP contribution in [0.3, 0.4) is 0 Å². The van der Waals surface area contributed by atoms with Gasteiger partial charge in [0.1, 0.15) is 6.61 Å². The minimum atomic E-state index is -0.196. The van der Waals surface area contributed by atoms with Gasteiger partial charge in [0, 0.05) is 18.5 Å². The molecule has 4 N–H and O–H groups in total. The number of halogens is 1. The van der Waals surface area contributed by atoms with Gasteiger partial charge >= 0.3 is 0 Å². The lowest BCUT2D eigenvalue weighted by atomic mass is 10.2. The first-order valence-electron chi connectivity index (χ1n) is 7.17. The molecule has 0 aromatic heterocycles. The topological polar surface area (TPSA) is 88.7 Å². The molecular weight excluding hydrogens is 419 g/mol. The van der Waals surface area contributed by atoms with Crippen molar-refractivity contribution in [3.8, 4) is 0 Å². The van der Waals surface area contributed by atoms with E-state index in [0.717, 1.165) is 11.3 Å². The lowest BCUT2D eigenvalue weighted by molar-refractivity contribution is -0.119. The number of anilines is 2. The summed E-state index contributed by atoms with van der Waals surface area (Å²) < 4.78 is 4.78. The van der Waals surface area contributed by atoms with E-state index in [4.69, 9.17) is 10.5 Å². The molecule has 2 aromatic carbocycles. The van der Waals surface area contributed by atoms with Crippen LogP contribution in [-0.2, 0) is 16.1 Å². The number of carbonyl (C=O) groups is 1. The predicted octanol–water partition coefficient (Wildman–Crippen LogP) is 2.82. The van der Waals surface area contributed by atoms with E-state index < -0.39 is 0 Å². The van der Waals surface area contributed by atoms with E-state index in [0.29, 0.717) is 18.2 Å². The second-order valence-electron chi connectivity index (χ2n) is 4.87. The van der Waals surface area contributed by atoms with Gasteiger partial charge in [-0.25, -0.2) is 4.99 Å². The van der Waals surface area contributed by atoms with Crippen molar-refractivity contribution in [2.45, 2.75) is 6.54 Å². The number of nitrogens with zero attached hydrogens (tertiary/aromatic N) is 1. The van der Waals surface area contributed by atoms with Gasteiger partial charge in [-0.2, -0.15) is 0 Å². The van der Waals surface area contributed by atoms with Crippen LogP contribution in [-0.4, -0.2) is 25.6 Å². The Morgan fingerprint density at radius 1 is 1.08 bits per heavy atom. The van der Waals surface area contributed by atoms with Gasteiger partial charge in [-0.05, 0) is 29.8 Å². The van der Waals surface area contributed by atoms with E-state index in [1.165, 1.54) is 7.11 Å². The van der Waals surface area contributed by atoms with Crippen LogP contribution in [0, 0.1) is 0 Å². The van der Waals surface area contributed by atoms with Crippen LogP contribution in [0.5, 0.6) is 0 Å². The van der Waals surface area contributed by atoms with Gasteiger partial charge in [-0.15, -0.1) is 24.0 Å². The van der Waals surface area contributed by atoms with Crippen molar-refractivity contribution < 1.29 is 9.53 Å². The summed E-state index contributed by atoms with van der Waals surface area (Å²) in [5, 5.41) is 5.77. The highest BCUT2D eigenvalue weighted by molar-refractivity contribution is 14.0. The lowest BCUT2D eigenvalue weighted by Gasteiger charge is -2.07. The Labute approximate surface area is 158 Å². The molecule has 24 heavy (non-hydrogen) atoms. The third-order valence-corrected chi connectivity index (χ3v) is 2.96. The molecule has 7 heteroatoms. The van der Waals surface area contributed by atoms with E-state index in [9.17, 15) is 4.79 Å². The Bertz CT molecular complexity index is 677. The van der Waals surface area contributed by atoms with Gasteiger partial charge in [0.2, 0.25) is 5.91 Å². The smallest absolute Gasteiger partial charge is 0.250 e. The van der Waals surface area contributed by atoms with Crippen LogP contribution in [0.4, 0.5) is 11.4 Å². The minimum absolute atomic E-state index is 0. The Hall–Kier alpha value is -2.13. The molecule has 2 rings (SSSR count). The maximum atomic E-state index is 11.5. The van der Waals surface area contributed by atoms with E-state index in [2.05, 4.69) is 15.6 Å². The number of rotatable bonds is 6. The van der Waals surface area contributed by atoms with Crippen molar-refractivity contribution in [2.75, 3.05) is 24.4 Å². The minimum Gasteiger partial charge on any atom is -0.375 e. The number of hydrogen-bond donors (Lipinski definition) is 3. The van der Waals surface area contributed by atoms with Gasteiger partial charge in [-0.1, -0.05) is 30.3 Å². The summed E-state index contributed by atoms with van der Waals surface area (Å²) >= 11 is 0. The number of methoxy groups -OCH3 is 1. The van der Waals surface area contributed by atoms with E-state index in [1.807, 2.05) is 54.6 Å². The second-order valence-corrected chi connectivity index (χ2v) is 4.87. The normalized spacial score (nSPS) is 10.6. The molecule has 0 saturated heterocycles. The molecule has 0 unspecified atom stereocenters. The lowest BCUT2D eigenvalue weighted by Crippen LogP contribution is -2.22.